The molecular formula is C23H26Br2N2O4. The Morgan fingerprint density at radius 1 is 0.806 bits per heavy atom. The Balaban J connectivity index is 0.000000176. The summed E-state index contributed by atoms with van der Waals surface area (Å²) in [4.78, 5) is 26.2. The highest BCUT2D eigenvalue weighted by Crippen LogP contribution is 2.24. The molecule has 2 aliphatic heterocycles. The molecule has 2 atom stereocenters. The molecule has 0 N–H and O–H groups in total. The molecule has 0 spiro atoms. The van der Waals surface area contributed by atoms with Crippen molar-refractivity contribution in [3.8, 4) is 0 Å². The third-order valence-electron chi connectivity index (χ3n) is 5.29. The monoisotopic (exact) mass is 552 g/mol. The summed E-state index contributed by atoms with van der Waals surface area (Å²) in [7, 11) is 1.80. The fourth-order valence-electron chi connectivity index (χ4n) is 3.37. The van der Waals surface area contributed by atoms with E-state index in [2.05, 4.69) is 31.9 Å². The van der Waals surface area contributed by atoms with Gasteiger partial charge < -0.3 is 19.3 Å². The maximum Gasteiger partial charge on any atom is 0.248 e. The number of likely N-dealkylation sites (N-methyl/N-ethyl adjacent to an activating group) is 2. The van der Waals surface area contributed by atoms with Crippen molar-refractivity contribution in [2.24, 2.45) is 0 Å². The van der Waals surface area contributed by atoms with Gasteiger partial charge >= 0.3 is 0 Å². The maximum absolute atomic E-state index is 11.4. The minimum Gasteiger partial charge on any atom is -0.362 e. The van der Waals surface area contributed by atoms with Gasteiger partial charge in [0, 0.05) is 22.5 Å². The molecule has 0 unspecified atom stereocenters. The summed E-state index contributed by atoms with van der Waals surface area (Å²) in [5.41, 5.74) is 2.23. The number of hydrogen-bond donors (Lipinski definition) is 0. The smallest absolute Gasteiger partial charge is 0.248 e. The van der Waals surface area contributed by atoms with Gasteiger partial charge in [-0.25, -0.2) is 0 Å². The van der Waals surface area contributed by atoms with Crippen molar-refractivity contribution in [1.29, 1.82) is 0 Å². The van der Waals surface area contributed by atoms with E-state index in [0.29, 0.717) is 13.1 Å². The van der Waals surface area contributed by atoms with E-state index in [0.717, 1.165) is 26.6 Å². The molecule has 2 aromatic rings. The van der Waals surface area contributed by atoms with Crippen molar-refractivity contribution in [2.75, 3.05) is 39.9 Å². The first-order valence-electron chi connectivity index (χ1n) is 10.1. The summed E-state index contributed by atoms with van der Waals surface area (Å²) < 4.78 is 13.1. The van der Waals surface area contributed by atoms with Crippen LogP contribution in [0.2, 0.25) is 0 Å². The minimum absolute atomic E-state index is 0.000741. The van der Waals surface area contributed by atoms with Gasteiger partial charge in [-0.1, -0.05) is 56.1 Å². The van der Waals surface area contributed by atoms with Crippen LogP contribution < -0.4 is 0 Å². The summed E-state index contributed by atoms with van der Waals surface area (Å²) in [6.07, 6.45) is 0.00606. The number of ether oxygens (including phenoxy) is 2. The van der Waals surface area contributed by atoms with Crippen LogP contribution in [-0.4, -0.2) is 61.5 Å². The first-order chi connectivity index (χ1) is 14.9. The Bertz CT molecular complexity index is 889. The number of nitrogens with zero attached hydrogens (tertiary/aromatic N) is 2. The highest BCUT2D eigenvalue weighted by atomic mass is 79.9. The van der Waals surface area contributed by atoms with Crippen LogP contribution in [0.15, 0.2) is 57.5 Å². The minimum atomic E-state index is 0.000741. The lowest BCUT2D eigenvalue weighted by molar-refractivity contribution is -0.149. The fourth-order valence-corrected chi connectivity index (χ4v) is 3.90. The zero-order valence-corrected chi connectivity index (χ0v) is 20.8. The molecule has 2 aromatic carbocycles. The third kappa shape index (κ3) is 6.62. The van der Waals surface area contributed by atoms with Gasteiger partial charge in [0.2, 0.25) is 11.8 Å². The Morgan fingerprint density at radius 3 is 1.71 bits per heavy atom. The van der Waals surface area contributed by atoms with Crippen LogP contribution in [-0.2, 0) is 19.1 Å². The van der Waals surface area contributed by atoms with Crippen molar-refractivity contribution < 1.29 is 19.1 Å². The average Bonchev–Trinajstić information content (AvgIpc) is 2.78. The molecule has 2 amide bonds. The van der Waals surface area contributed by atoms with Crippen LogP contribution in [0.5, 0.6) is 0 Å². The first kappa shape index (κ1) is 23.9. The molecule has 0 aromatic heterocycles. The average molecular weight is 554 g/mol. The van der Waals surface area contributed by atoms with Gasteiger partial charge in [0.1, 0.15) is 25.4 Å². The fraction of sp³-hybridized carbons (Fsp3) is 0.391. The molecule has 8 heteroatoms. The lowest BCUT2D eigenvalue weighted by Gasteiger charge is -2.32. The second-order valence-corrected chi connectivity index (χ2v) is 9.24. The summed E-state index contributed by atoms with van der Waals surface area (Å²) in [5, 5.41) is 0. The Labute approximate surface area is 199 Å². The number of benzene rings is 2. The van der Waals surface area contributed by atoms with Crippen LogP contribution in [0.3, 0.4) is 0 Å². The molecule has 2 saturated heterocycles. The Morgan fingerprint density at radius 2 is 1.26 bits per heavy atom. The van der Waals surface area contributed by atoms with Gasteiger partial charge in [-0.3, -0.25) is 9.59 Å². The molecule has 0 bridgehead atoms. The SMILES string of the molecule is CCN1C[C@H](c2ccc(Br)cc2)OCC1=O.CN1C[C@H](c2ccc(Br)cc2)OCC1=O. The van der Waals surface area contributed by atoms with Gasteiger partial charge in [-0.05, 0) is 42.3 Å². The first-order valence-corrected chi connectivity index (χ1v) is 11.7. The maximum atomic E-state index is 11.4. The summed E-state index contributed by atoms with van der Waals surface area (Å²) >= 11 is 6.78. The zero-order valence-electron chi connectivity index (χ0n) is 17.6. The van der Waals surface area contributed by atoms with E-state index < -0.39 is 0 Å². The molecule has 2 aliphatic rings. The van der Waals surface area contributed by atoms with Crippen LogP contribution in [0, 0.1) is 0 Å². The normalized spacial score (nSPS) is 21.5. The lowest BCUT2D eigenvalue weighted by Crippen LogP contribution is -2.42. The van der Waals surface area contributed by atoms with Gasteiger partial charge in [0.15, 0.2) is 0 Å². The van der Waals surface area contributed by atoms with Crippen LogP contribution in [0.25, 0.3) is 0 Å². The van der Waals surface area contributed by atoms with E-state index in [1.54, 1.807) is 11.9 Å². The lowest BCUT2D eigenvalue weighted by atomic mass is 10.1. The molecule has 0 saturated carbocycles. The highest BCUT2D eigenvalue weighted by molar-refractivity contribution is 9.10. The Hall–Kier alpha value is -1.74. The van der Waals surface area contributed by atoms with Gasteiger partial charge in [0.25, 0.3) is 0 Å². The quantitative estimate of drug-likeness (QED) is 0.567. The standard InChI is InChI=1S/C12H14BrNO2.C11H12BrNO2/c1-2-14-7-11(16-8-12(14)15)9-3-5-10(13)6-4-9;1-13-6-10(15-7-11(13)14)8-2-4-9(12)5-3-8/h3-6,11H,2,7-8H2,1H3;2-5,10H,6-7H2,1H3/t11-;10-/m11/s1. The second kappa shape index (κ2) is 11.2. The van der Waals surface area contributed by atoms with Crippen LogP contribution in [0.4, 0.5) is 0 Å². The molecule has 31 heavy (non-hydrogen) atoms. The van der Waals surface area contributed by atoms with Crippen molar-refractivity contribution in [3.05, 3.63) is 68.6 Å². The molecule has 4 rings (SSSR count). The molecule has 0 radical (unpaired) electrons. The van der Waals surface area contributed by atoms with Crippen molar-refractivity contribution in [1.82, 2.24) is 9.80 Å². The van der Waals surface area contributed by atoms with Crippen molar-refractivity contribution >= 4 is 43.7 Å². The predicted octanol–water partition coefficient (Wildman–Crippen LogP) is 4.35. The number of amides is 2. The highest BCUT2D eigenvalue weighted by Gasteiger charge is 2.26. The van der Waals surface area contributed by atoms with E-state index in [1.165, 1.54) is 0 Å². The molecule has 6 nitrogen and oxygen atoms in total. The number of rotatable bonds is 3. The topological polar surface area (TPSA) is 59.1 Å². The summed E-state index contributed by atoms with van der Waals surface area (Å²) in [6.45, 7) is 4.38. The van der Waals surface area contributed by atoms with Gasteiger partial charge in [-0.2, -0.15) is 0 Å². The molecular weight excluding hydrogens is 528 g/mol. The van der Waals surface area contributed by atoms with Gasteiger partial charge in [0.05, 0.1) is 13.1 Å². The summed E-state index contributed by atoms with van der Waals surface area (Å²) in [5.74, 6) is 0.124. The third-order valence-corrected chi connectivity index (χ3v) is 6.34. The predicted molar refractivity (Wildman–Crippen MR) is 126 cm³/mol. The molecule has 2 fully saturated rings. The van der Waals surface area contributed by atoms with E-state index in [4.69, 9.17) is 9.47 Å². The number of carbonyl (C=O) groups is 2. The van der Waals surface area contributed by atoms with E-state index in [1.807, 2.05) is 60.4 Å². The van der Waals surface area contributed by atoms with Gasteiger partial charge in [-0.15, -0.1) is 0 Å². The van der Waals surface area contributed by atoms with Crippen LogP contribution >= 0.6 is 31.9 Å². The number of carbonyl (C=O) groups excluding carboxylic acids is 2. The Kier molecular flexibility index (Phi) is 8.66. The zero-order chi connectivity index (χ0) is 22.4. The number of halogens is 2. The molecule has 166 valence electrons. The van der Waals surface area contributed by atoms with E-state index in [9.17, 15) is 9.59 Å². The number of morpholine rings is 2. The second-order valence-electron chi connectivity index (χ2n) is 7.41. The molecule has 2 heterocycles. The van der Waals surface area contributed by atoms with E-state index >= 15 is 0 Å². The van der Waals surface area contributed by atoms with Crippen molar-refractivity contribution in [3.63, 3.8) is 0 Å². The van der Waals surface area contributed by atoms with Crippen LogP contribution in [0.1, 0.15) is 30.3 Å². The van der Waals surface area contributed by atoms with Crippen molar-refractivity contribution in [2.45, 2.75) is 19.1 Å². The van der Waals surface area contributed by atoms with E-state index in [-0.39, 0.29) is 37.2 Å². The largest absolute Gasteiger partial charge is 0.362 e. The number of hydrogen-bond acceptors (Lipinski definition) is 4. The summed E-state index contributed by atoms with van der Waals surface area (Å²) in [6, 6.07) is 16.0. The molecule has 0 aliphatic carbocycles.